The van der Waals surface area contributed by atoms with Crippen molar-refractivity contribution >= 4 is 22.8 Å². The van der Waals surface area contributed by atoms with Crippen molar-refractivity contribution in [2.75, 3.05) is 19.7 Å². The number of nitro groups is 1. The molecule has 0 saturated carbocycles. The number of piperidine rings is 1. The van der Waals surface area contributed by atoms with E-state index in [1.54, 1.807) is 11.0 Å². The van der Waals surface area contributed by atoms with Gasteiger partial charge in [0.25, 0.3) is 5.69 Å². The van der Waals surface area contributed by atoms with Crippen LogP contribution in [0, 0.1) is 16.0 Å². The summed E-state index contributed by atoms with van der Waals surface area (Å²) in [5.41, 5.74) is 0.551. The molecule has 162 valence electrons. The van der Waals surface area contributed by atoms with E-state index in [1.807, 2.05) is 20.8 Å². The number of non-ortho nitro benzene ring substituents is 1. The molecular formula is C21H28N4O5. The minimum absolute atomic E-state index is 0.0109. The lowest BCUT2D eigenvalue weighted by molar-refractivity contribution is -0.384. The maximum Gasteiger partial charge on any atom is 0.410 e. The SMILES string of the molecule is CC(C)(C)OC(=O)N1CCC(CCCOc2cnc3cc([N+](=O)[O-])ccc3n2)CC1. The van der Waals surface area contributed by atoms with E-state index in [1.165, 1.54) is 18.3 Å². The fraction of sp³-hybridized carbons (Fsp3) is 0.571. The number of nitrogens with zero attached hydrogens (tertiary/aromatic N) is 4. The molecule has 1 fully saturated rings. The van der Waals surface area contributed by atoms with Crippen molar-refractivity contribution in [2.45, 2.75) is 52.1 Å². The van der Waals surface area contributed by atoms with Crippen molar-refractivity contribution in [3.63, 3.8) is 0 Å². The Morgan fingerprint density at radius 2 is 2.00 bits per heavy atom. The Hall–Kier alpha value is -2.97. The number of hydrogen-bond acceptors (Lipinski definition) is 7. The van der Waals surface area contributed by atoms with Gasteiger partial charge in [-0.2, -0.15) is 0 Å². The number of hydrogen-bond donors (Lipinski definition) is 0. The highest BCUT2D eigenvalue weighted by atomic mass is 16.6. The van der Waals surface area contributed by atoms with Crippen molar-refractivity contribution in [3.05, 3.63) is 34.5 Å². The fourth-order valence-corrected chi connectivity index (χ4v) is 3.44. The molecule has 1 aromatic heterocycles. The normalized spacial score (nSPS) is 15.2. The summed E-state index contributed by atoms with van der Waals surface area (Å²) >= 11 is 0. The van der Waals surface area contributed by atoms with Gasteiger partial charge in [-0.05, 0) is 58.4 Å². The van der Waals surface area contributed by atoms with Crippen molar-refractivity contribution in [1.29, 1.82) is 0 Å². The van der Waals surface area contributed by atoms with Gasteiger partial charge in [-0.15, -0.1) is 0 Å². The molecular weight excluding hydrogens is 388 g/mol. The Bertz CT molecular complexity index is 904. The smallest absolute Gasteiger partial charge is 0.410 e. The minimum Gasteiger partial charge on any atom is -0.477 e. The van der Waals surface area contributed by atoms with Gasteiger partial charge in [0.05, 0.1) is 28.8 Å². The summed E-state index contributed by atoms with van der Waals surface area (Å²) < 4.78 is 11.1. The molecule has 1 saturated heterocycles. The van der Waals surface area contributed by atoms with Crippen LogP contribution in [0.5, 0.6) is 5.88 Å². The molecule has 2 heterocycles. The van der Waals surface area contributed by atoms with Crippen molar-refractivity contribution in [1.82, 2.24) is 14.9 Å². The third kappa shape index (κ3) is 6.01. The summed E-state index contributed by atoms with van der Waals surface area (Å²) in [6.07, 6.45) is 5.10. The van der Waals surface area contributed by atoms with E-state index in [4.69, 9.17) is 9.47 Å². The van der Waals surface area contributed by atoms with Crippen LogP contribution in [-0.2, 0) is 4.74 Å². The molecule has 0 aliphatic carbocycles. The van der Waals surface area contributed by atoms with Gasteiger partial charge in [-0.3, -0.25) is 10.1 Å². The van der Waals surface area contributed by atoms with E-state index in [2.05, 4.69) is 9.97 Å². The molecule has 0 unspecified atom stereocenters. The maximum absolute atomic E-state index is 12.1. The highest BCUT2D eigenvalue weighted by molar-refractivity contribution is 5.77. The molecule has 9 nitrogen and oxygen atoms in total. The third-order valence-corrected chi connectivity index (χ3v) is 4.99. The third-order valence-electron chi connectivity index (χ3n) is 4.99. The van der Waals surface area contributed by atoms with Crippen LogP contribution in [0.1, 0.15) is 46.5 Å². The highest BCUT2D eigenvalue weighted by Gasteiger charge is 2.26. The lowest BCUT2D eigenvalue weighted by Gasteiger charge is -2.33. The van der Waals surface area contributed by atoms with Crippen molar-refractivity contribution in [3.8, 4) is 5.88 Å². The molecule has 0 radical (unpaired) electrons. The molecule has 1 aliphatic rings. The second kappa shape index (κ2) is 9.23. The molecule has 0 bridgehead atoms. The molecule has 0 N–H and O–H groups in total. The van der Waals surface area contributed by atoms with Crippen LogP contribution in [0.15, 0.2) is 24.4 Å². The topological polar surface area (TPSA) is 108 Å². The summed E-state index contributed by atoms with van der Waals surface area (Å²) in [6, 6.07) is 4.38. The van der Waals surface area contributed by atoms with Crippen molar-refractivity contribution in [2.24, 2.45) is 5.92 Å². The second-order valence-electron chi connectivity index (χ2n) is 8.54. The minimum atomic E-state index is -0.467. The van der Waals surface area contributed by atoms with E-state index < -0.39 is 10.5 Å². The predicted molar refractivity (Wildman–Crippen MR) is 111 cm³/mol. The highest BCUT2D eigenvalue weighted by Crippen LogP contribution is 2.24. The van der Waals surface area contributed by atoms with Crippen LogP contribution in [0.2, 0.25) is 0 Å². The molecule has 9 heteroatoms. The van der Waals surface area contributed by atoms with Gasteiger partial charge in [-0.25, -0.2) is 14.8 Å². The van der Waals surface area contributed by atoms with Gasteiger partial charge < -0.3 is 14.4 Å². The van der Waals surface area contributed by atoms with E-state index >= 15 is 0 Å². The first-order valence-corrected chi connectivity index (χ1v) is 10.2. The Morgan fingerprint density at radius 3 is 2.67 bits per heavy atom. The molecule has 0 spiro atoms. The van der Waals surface area contributed by atoms with Gasteiger partial charge in [0.2, 0.25) is 5.88 Å². The number of ether oxygens (including phenoxy) is 2. The number of likely N-dealkylation sites (tertiary alicyclic amines) is 1. The Kier molecular flexibility index (Phi) is 6.69. The fourth-order valence-electron chi connectivity index (χ4n) is 3.44. The van der Waals surface area contributed by atoms with Crippen molar-refractivity contribution < 1.29 is 19.2 Å². The molecule has 1 amide bonds. The Morgan fingerprint density at radius 1 is 1.27 bits per heavy atom. The van der Waals surface area contributed by atoms with Crippen LogP contribution in [0.3, 0.4) is 0 Å². The first-order valence-electron chi connectivity index (χ1n) is 10.2. The van der Waals surface area contributed by atoms with E-state index in [0.29, 0.717) is 29.4 Å². The van der Waals surface area contributed by atoms with Gasteiger partial charge in [0, 0.05) is 25.2 Å². The summed E-state index contributed by atoms with van der Waals surface area (Å²) in [5, 5.41) is 10.8. The average molecular weight is 416 g/mol. The molecule has 30 heavy (non-hydrogen) atoms. The Labute approximate surface area is 175 Å². The number of fused-ring (bicyclic) bond motifs is 1. The number of nitro benzene ring substituents is 1. The summed E-state index contributed by atoms with van der Waals surface area (Å²) in [7, 11) is 0. The maximum atomic E-state index is 12.1. The van der Waals surface area contributed by atoms with E-state index in [-0.39, 0.29) is 11.8 Å². The monoisotopic (exact) mass is 416 g/mol. The molecule has 3 rings (SSSR count). The molecule has 2 aromatic rings. The average Bonchev–Trinajstić information content (AvgIpc) is 2.70. The van der Waals surface area contributed by atoms with Gasteiger partial charge >= 0.3 is 6.09 Å². The van der Waals surface area contributed by atoms with Crippen LogP contribution < -0.4 is 4.74 Å². The van der Waals surface area contributed by atoms with Gasteiger partial charge in [0.15, 0.2) is 0 Å². The summed E-state index contributed by atoms with van der Waals surface area (Å²) in [6.45, 7) is 7.61. The zero-order chi connectivity index (χ0) is 21.7. The number of rotatable bonds is 6. The number of carbonyl (C=O) groups excluding carboxylic acids is 1. The van der Waals surface area contributed by atoms with Gasteiger partial charge in [-0.1, -0.05) is 0 Å². The lowest BCUT2D eigenvalue weighted by atomic mass is 9.92. The molecule has 1 aromatic carbocycles. The van der Waals surface area contributed by atoms with Gasteiger partial charge in [0.1, 0.15) is 5.60 Å². The first-order chi connectivity index (χ1) is 14.2. The first kappa shape index (κ1) is 21.7. The number of benzene rings is 1. The molecule has 1 aliphatic heterocycles. The van der Waals surface area contributed by atoms with Crippen LogP contribution in [0.25, 0.3) is 11.0 Å². The zero-order valence-corrected chi connectivity index (χ0v) is 17.7. The lowest BCUT2D eigenvalue weighted by Crippen LogP contribution is -2.41. The van der Waals surface area contributed by atoms with E-state index in [9.17, 15) is 14.9 Å². The number of carbonyl (C=O) groups is 1. The number of amides is 1. The summed E-state index contributed by atoms with van der Waals surface area (Å²) in [4.78, 5) is 32.8. The molecule has 0 atom stereocenters. The van der Waals surface area contributed by atoms with Crippen LogP contribution in [0.4, 0.5) is 10.5 Å². The predicted octanol–water partition coefficient (Wildman–Crippen LogP) is 4.34. The standard InChI is InChI=1S/C21H28N4O5/c1-21(2,3)30-20(26)24-10-8-15(9-11-24)5-4-12-29-19-14-22-18-13-16(25(27)28)6-7-17(18)23-19/h6-7,13-15H,4-5,8-12H2,1-3H3. The number of aromatic nitrogens is 2. The van der Waals surface area contributed by atoms with Crippen LogP contribution in [-0.4, -0.2) is 51.2 Å². The largest absolute Gasteiger partial charge is 0.477 e. The second-order valence-corrected chi connectivity index (χ2v) is 8.54. The Balaban J connectivity index is 1.40. The van der Waals surface area contributed by atoms with E-state index in [0.717, 1.165) is 38.8 Å². The quantitative estimate of drug-likeness (QED) is 0.391. The van der Waals surface area contributed by atoms with Crippen LogP contribution >= 0.6 is 0 Å². The zero-order valence-electron chi connectivity index (χ0n) is 17.7. The summed E-state index contributed by atoms with van der Waals surface area (Å²) in [5.74, 6) is 0.978.